The molecule has 8 heteroatoms. The van der Waals surface area contributed by atoms with Crippen LogP contribution in [0.15, 0.2) is 86.6 Å². The smallest absolute Gasteiger partial charge is 0.250 e. The summed E-state index contributed by atoms with van der Waals surface area (Å²) in [6, 6.07) is 24.6. The van der Waals surface area contributed by atoms with E-state index in [1.165, 1.54) is 34.0 Å². The third kappa shape index (κ3) is 6.16. The standard InChI is InChI=1S/C23H20N4OS3/c1-16(19-12-11-18-9-5-6-10-20(18)13-19)24-25-21(28)15-30-23-27-26-22(31-23)29-14-17-7-3-2-4-8-17/h2-13H,14-15H2,1H3,(H,25,28)/b24-16-. The molecule has 0 radical (unpaired) electrons. The number of benzene rings is 3. The zero-order valence-electron chi connectivity index (χ0n) is 16.8. The van der Waals surface area contributed by atoms with Gasteiger partial charge in [-0.3, -0.25) is 4.79 Å². The van der Waals surface area contributed by atoms with Crippen LogP contribution in [0.1, 0.15) is 18.1 Å². The molecule has 1 amide bonds. The SMILES string of the molecule is C/C(=N/NC(=O)CSc1nnc(SCc2ccccc2)s1)c1ccc2ccccc2c1. The highest BCUT2D eigenvalue weighted by Gasteiger charge is 2.09. The van der Waals surface area contributed by atoms with Crippen molar-refractivity contribution < 1.29 is 4.79 Å². The molecular formula is C23H20N4OS3. The van der Waals surface area contributed by atoms with Gasteiger partial charge < -0.3 is 0 Å². The Morgan fingerprint density at radius 1 is 0.935 bits per heavy atom. The van der Waals surface area contributed by atoms with Crippen LogP contribution in [-0.4, -0.2) is 27.6 Å². The summed E-state index contributed by atoms with van der Waals surface area (Å²) in [4.78, 5) is 12.2. The minimum atomic E-state index is -0.168. The number of carbonyl (C=O) groups excluding carboxylic acids is 1. The van der Waals surface area contributed by atoms with Crippen LogP contribution in [0.2, 0.25) is 0 Å². The van der Waals surface area contributed by atoms with E-state index in [0.717, 1.165) is 31.1 Å². The van der Waals surface area contributed by atoms with Crippen molar-refractivity contribution in [3.63, 3.8) is 0 Å². The summed E-state index contributed by atoms with van der Waals surface area (Å²) in [6.45, 7) is 1.89. The fourth-order valence-corrected chi connectivity index (χ4v) is 5.59. The topological polar surface area (TPSA) is 67.2 Å². The lowest BCUT2D eigenvalue weighted by molar-refractivity contribution is -0.118. The molecule has 0 aliphatic heterocycles. The van der Waals surface area contributed by atoms with E-state index in [2.05, 4.69) is 57.1 Å². The zero-order valence-corrected chi connectivity index (χ0v) is 19.3. The number of thioether (sulfide) groups is 2. The fourth-order valence-electron chi connectivity index (χ4n) is 2.82. The van der Waals surface area contributed by atoms with Crippen molar-refractivity contribution in [2.75, 3.05) is 5.75 Å². The summed E-state index contributed by atoms with van der Waals surface area (Å²) in [5.41, 5.74) is 5.62. The molecule has 0 fully saturated rings. The van der Waals surface area contributed by atoms with Gasteiger partial charge in [0.2, 0.25) is 0 Å². The van der Waals surface area contributed by atoms with Gasteiger partial charge in [-0.05, 0) is 34.9 Å². The van der Waals surface area contributed by atoms with E-state index in [1.807, 2.05) is 43.3 Å². The number of aromatic nitrogens is 2. The first kappa shape index (κ1) is 21.5. The molecule has 0 aliphatic carbocycles. The number of nitrogens with zero attached hydrogens (tertiary/aromatic N) is 3. The minimum Gasteiger partial charge on any atom is -0.272 e. The summed E-state index contributed by atoms with van der Waals surface area (Å²) in [6.07, 6.45) is 0. The van der Waals surface area contributed by atoms with Crippen molar-refractivity contribution in [2.45, 2.75) is 21.4 Å². The van der Waals surface area contributed by atoms with Crippen LogP contribution >= 0.6 is 34.9 Å². The van der Waals surface area contributed by atoms with E-state index in [1.54, 1.807) is 11.8 Å². The maximum atomic E-state index is 12.2. The van der Waals surface area contributed by atoms with Gasteiger partial charge in [-0.2, -0.15) is 5.10 Å². The quantitative estimate of drug-likeness (QED) is 0.208. The first-order chi connectivity index (χ1) is 15.2. The van der Waals surface area contributed by atoms with Crippen LogP contribution in [0.3, 0.4) is 0 Å². The minimum absolute atomic E-state index is 0.168. The number of nitrogens with one attached hydrogen (secondary N) is 1. The van der Waals surface area contributed by atoms with Crippen molar-refractivity contribution in [3.05, 3.63) is 83.9 Å². The lowest BCUT2D eigenvalue weighted by Crippen LogP contribution is -2.21. The molecule has 1 aromatic heterocycles. The fraction of sp³-hybridized carbons (Fsp3) is 0.130. The molecule has 4 aromatic rings. The summed E-state index contributed by atoms with van der Waals surface area (Å²) < 4.78 is 1.68. The van der Waals surface area contributed by atoms with Crippen molar-refractivity contribution in [1.82, 2.24) is 15.6 Å². The molecule has 0 aliphatic rings. The van der Waals surface area contributed by atoms with E-state index < -0.39 is 0 Å². The number of rotatable bonds is 8. The highest BCUT2D eigenvalue weighted by atomic mass is 32.2. The van der Waals surface area contributed by atoms with Gasteiger partial charge in [0.1, 0.15) is 0 Å². The normalized spacial score (nSPS) is 11.6. The predicted octanol–water partition coefficient (Wildman–Crippen LogP) is 5.62. The largest absolute Gasteiger partial charge is 0.272 e. The van der Waals surface area contributed by atoms with E-state index in [-0.39, 0.29) is 11.7 Å². The van der Waals surface area contributed by atoms with Gasteiger partial charge in [0.25, 0.3) is 5.91 Å². The Hall–Kier alpha value is -2.68. The average molecular weight is 465 g/mol. The van der Waals surface area contributed by atoms with Gasteiger partial charge >= 0.3 is 0 Å². The van der Waals surface area contributed by atoms with Gasteiger partial charge in [0.05, 0.1) is 11.5 Å². The molecule has 0 saturated carbocycles. The number of hydrazone groups is 1. The summed E-state index contributed by atoms with van der Waals surface area (Å²) >= 11 is 4.53. The molecule has 31 heavy (non-hydrogen) atoms. The van der Waals surface area contributed by atoms with Gasteiger partial charge in [0.15, 0.2) is 8.68 Å². The second-order valence-electron chi connectivity index (χ2n) is 6.69. The van der Waals surface area contributed by atoms with Crippen molar-refractivity contribution in [3.8, 4) is 0 Å². The molecule has 1 heterocycles. The van der Waals surface area contributed by atoms with Crippen molar-refractivity contribution in [2.24, 2.45) is 5.10 Å². The molecule has 0 saturated heterocycles. The van der Waals surface area contributed by atoms with E-state index in [0.29, 0.717) is 0 Å². The highest BCUT2D eigenvalue weighted by Crippen LogP contribution is 2.30. The van der Waals surface area contributed by atoms with Crippen LogP contribution in [-0.2, 0) is 10.5 Å². The maximum absolute atomic E-state index is 12.2. The first-order valence-electron chi connectivity index (χ1n) is 9.63. The zero-order chi connectivity index (χ0) is 21.5. The maximum Gasteiger partial charge on any atom is 0.250 e. The lowest BCUT2D eigenvalue weighted by atomic mass is 10.0. The van der Waals surface area contributed by atoms with Crippen molar-refractivity contribution >= 4 is 57.3 Å². The van der Waals surface area contributed by atoms with Crippen LogP contribution in [0.4, 0.5) is 0 Å². The molecule has 5 nitrogen and oxygen atoms in total. The Kier molecular flexibility index (Phi) is 7.35. The van der Waals surface area contributed by atoms with Crippen molar-refractivity contribution in [1.29, 1.82) is 0 Å². The van der Waals surface area contributed by atoms with E-state index >= 15 is 0 Å². The third-order valence-electron chi connectivity index (χ3n) is 4.44. The molecule has 156 valence electrons. The molecule has 3 aromatic carbocycles. The molecule has 0 atom stereocenters. The Balaban J connectivity index is 1.26. The predicted molar refractivity (Wildman–Crippen MR) is 131 cm³/mol. The van der Waals surface area contributed by atoms with Crippen LogP contribution in [0.5, 0.6) is 0 Å². The number of carbonyl (C=O) groups is 1. The van der Waals surface area contributed by atoms with Gasteiger partial charge in [-0.1, -0.05) is 102 Å². The molecule has 0 bridgehead atoms. The van der Waals surface area contributed by atoms with Gasteiger partial charge in [-0.15, -0.1) is 10.2 Å². The Bertz CT molecular complexity index is 1210. The molecule has 0 unspecified atom stereocenters. The summed E-state index contributed by atoms with van der Waals surface area (Å²) in [5.74, 6) is 0.925. The number of amides is 1. The molecule has 0 spiro atoms. The number of hydrogen-bond donors (Lipinski definition) is 1. The molecule has 4 rings (SSSR count). The van der Waals surface area contributed by atoms with Crippen LogP contribution in [0.25, 0.3) is 10.8 Å². The average Bonchev–Trinajstić information content (AvgIpc) is 3.28. The second kappa shape index (κ2) is 10.6. The lowest BCUT2D eigenvalue weighted by Gasteiger charge is -2.04. The monoisotopic (exact) mass is 464 g/mol. The van der Waals surface area contributed by atoms with E-state index in [9.17, 15) is 4.79 Å². The Labute approximate surface area is 193 Å². The van der Waals surface area contributed by atoms with E-state index in [4.69, 9.17) is 0 Å². The number of fused-ring (bicyclic) bond motifs is 1. The van der Waals surface area contributed by atoms with Crippen LogP contribution < -0.4 is 5.43 Å². The second-order valence-corrected chi connectivity index (χ2v) is 10.1. The van der Waals surface area contributed by atoms with Crippen LogP contribution in [0, 0.1) is 0 Å². The highest BCUT2D eigenvalue weighted by molar-refractivity contribution is 8.03. The third-order valence-corrected chi connectivity index (χ3v) is 7.70. The Morgan fingerprint density at radius 3 is 2.45 bits per heavy atom. The first-order valence-corrected chi connectivity index (χ1v) is 12.4. The molecular weight excluding hydrogens is 444 g/mol. The van der Waals surface area contributed by atoms with Gasteiger partial charge in [0, 0.05) is 5.75 Å². The summed E-state index contributed by atoms with van der Waals surface area (Å²) in [5, 5.41) is 14.9. The number of hydrogen-bond acceptors (Lipinski definition) is 7. The van der Waals surface area contributed by atoms with Gasteiger partial charge in [-0.25, -0.2) is 5.43 Å². The Morgan fingerprint density at radius 2 is 1.65 bits per heavy atom. The molecule has 1 N–H and O–H groups in total. The summed E-state index contributed by atoms with van der Waals surface area (Å²) in [7, 11) is 0.